The van der Waals surface area contributed by atoms with E-state index in [0.717, 1.165) is 30.8 Å². The molecule has 45 heavy (non-hydrogen) atoms. The molecule has 0 radical (unpaired) electrons. The third-order valence-electron chi connectivity index (χ3n) is 6.09. The van der Waals surface area contributed by atoms with Crippen molar-refractivity contribution in [3.8, 4) is 0 Å². The number of allylic oxidation sites excluding steroid dienone is 2. The van der Waals surface area contributed by atoms with Crippen LogP contribution in [0.5, 0.6) is 0 Å². The Bertz CT molecular complexity index is 1360. The van der Waals surface area contributed by atoms with E-state index in [2.05, 4.69) is 64.5 Å². The van der Waals surface area contributed by atoms with Crippen LogP contribution >= 0.6 is 0 Å². The number of esters is 2. The molecule has 2 heterocycles. The smallest absolute Gasteiger partial charge is 0.341 e. The molecule has 0 spiro atoms. The summed E-state index contributed by atoms with van der Waals surface area (Å²) >= 11 is 0. The number of aromatic nitrogens is 4. The maximum absolute atomic E-state index is 11.5. The number of anilines is 2. The summed E-state index contributed by atoms with van der Waals surface area (Å²) in [6.07, 6.45) is 6.36. The second kappa shape index (κ2) is 16.5. The minimum Gasteiger partial charge on any atom is -0.545 e. The van der Waals surface area contributed by atoms with Gasteiger partial charge in [0.25, 0.3) is 0 Å². The Morgan fingerprint density at radius 2 is 1.29 bits per heavy atom. The number of aryl methyl sites for hydroxylation is 2. The fourth-order valence-electron chi connectivity index (χ4n) is 3.84. The van der Waals surface area contributed by atoms with Crippen molar-refractivity contribution < 1.29 is 32.7 Å². The number of carbonyl (C=O) groups is 3. The van der Waals surface area contributed by atoms with Crippen molar-refractivity contribution in [2.24, 2.45) is 0 Å². The molecule has 0 aromatic carbocycles. The molecule has 0 saturated heterocycles. The number of rotatable bonds is 10. The first-order valence-corrected chi connectivity index (χ1v) is 21.9. The first-order valence-electron chi connectivity index (χ1n) is 15.1. The summed E-state index contributed by atoms with van der Waals surface area (Å²) in [5, 5.41) is 2.94. The zero-order valence-electron chi connectivity index (χ0n) is 28.2. The van der Waals surface area contributed by atoms with Gasteiger partial charge in [0, 0.05) is 31.7 Å². The van der Waals surface area contributed by atoms with Crippen LogP contribution in [0.3, 0.4) is 0 Å². The molecule has 2 aromatic rings. The van der Waals surface area contributed by atoms with Gasteiger partial charge >= 0.3 is 11.9 Å². The van der Waals surface area contributed by atoms with Gasteiger partial charge in [0.2, 0.25) is 28.5 Å². The summed E-state index contributed by atoms with van der Waals surface area (Å²) in [7, 11) is -2.86. The molecule has 0 amide bonds. The molecule has 0 aliphatic heterocycles. The van der Waals surface area contributed by atoms with Gasteiger partial charge in [0.05, 0.1) is 41.8 Å². The van der Waals surface area contributed by atoms with E-state index in [9.17, 15) is 14.4 Å². The quantitative estimate of drug-likeness (QED) is 0.247. The molecular formula is C30H48N6O7Si2. The molecule has 1 fully saturated rings. The number of Topliss-reactive ketones (excluding diaryl/α,β-unsaturated/α-hetero) is 1. The lowest BCUT2D eigenvalue weighted by Crippen LogP contribution is -2.39. The fraction of sp³-hybridized carbons (Fsp3) is 0.567. The zero-order chi connectivity index (χ0) is 33.9. The van der Waals surface area contributed by atoms with Crippen molar-refractivity contribution in [3.05, 3.63) is 46.4 Å². The van der Waals surface area contributed by atoms with Gasteiger partial charge < -0.3 is 29.4 Å². The van der Waals surface area contributed by atoms with E-state index in [-0.39, 0.29) is 17.8 Å². The summed E-state index contributed by atoms with van der Waals surface area (Å²) in [5.41, 5.74) is 7.11. The highest BCUT2D eigenvalue weighted by molar-refractivity contribution is 6.70. The predicted octanol–water partition coefficient (Wildman–Crippen LogP) is 5.34. The Morgan fingerprint density at radius 3 is 1.62 bits per heavy atom. The topological polar surface area (TPSA) is 178 Å². The Kier molecular flexibility index (Phi) is 13.6. The Balaban J connectivity index is 0.000000239. The van der Waals surface area contributed by atoms with E-state index in [1.54, 1.807) is 27.7 Å². The average Bonchev–Trinajstić information content (AvgIpc) is 2.92. The molecule has 4 rings (SSSR count). The summed E-state index contributed by atoms with van der Waals surface area (Å²) in [6.45, 7) is 20.8. The van der Waals surface area contributed by atoms with Crippen LogP contribution in [0.15, 0.2) is 23.9 Å². The predicted molar refractivity (Wildman–Crippen MR) is 177 cm³/mol. The van der Waals surface area contributed by atoms with E-state index < -0.39 is 28.6 Å². The van der Waals surface area contributed by atoms with Crippen LogP contribution in [0, 0.1) is 13.8 Å². The largest absolute Gasteiger partial charge is 0.545 e. The van der Waals surface area contributed by atoms with Gasteiger partial charge in [-0.25, -0.2) is 29.5 Å². The Labute approximate surface area is 268 Å². The first-order chi connectivity index (χ1) is 20.9. The van der Waals surface area contributed by atoms with Gasteiger partial charge in [-0.3, -0.25) is 4.79 Å². The second-order valence-electron chi connectivity index (χ2n) is 12.3. The van der Waals surface area contributed by atoms with Crippen LogP contribution in [0.4, 0.5) is 11.9 Å². The van der Waals surface area contributed by atoms with Crippen molar-refractivity contribution in [2.45, 2.75) is 98.7 Å². The maximum Gasteiger partial charge on any atom is 0.341 e. The number of ketones is 1. The van der Waals surface area contributed by atoms with Crippen molar-refractivity contribution in [1.82, 2.24) is 19.9 Å². The monoisotopic (exact) mass is 660 g/mol. The number of hydrogen-bond donors (Lipinski definition) is 2. The minimum atomic E-state index is -1.43. The van der Waals surface area contributed by atoms with Gasteiger partial charge in [-0.15, -0.1) is 0 Å². The van der Waals surface area contributed by atoms with Gasteiger partial charge in [-0.1, -0.05) is 0 Å². The van der Waals surface area contributed by atoms with E-state index in [0.29, 0.717) is 48.1 Å². The van der Waals surface area contributed by atoms with Crippen molar-refractivity contribution in [1.29, 1.82) is 0 Å². The molecule has 248 valence electrons. The number of nitrogen functional groups attached to an aromatic ring is 1. The van der Waals surface area contributed by atoms with Gasteiger partial charge in [-0.05, 0) is 73.4 Å². The molecule has 0 bridgehead atoms. The zero-order valence-corrected chi connectivity index (χ0v) is 30.2. The molecule has 1 unspecified atom stereocenters. The molecule has 1 saturated carbocycles. The molecule has 2 aliphatic rings. The average molecular weight is 661 g/mol. The second-order valence-corrected chi connectivity index (χ2v) is 21.2. The summed E-state index contributed by atoms with van der Waals surface area (Å²) in [4.78, 5) is 49.7. The standard InChI is InChI=1S/C12H15N3O3.C10H22O2Si2.C8H11N3O2/c1-3-18-11(17)8-6-13-12(14-7(8)2)15-9-4-5-10(9)16;1-13(2,3)11-9-7-8-10(9)12-14(4,5)6;1-3-13-7(12)6-4-10-8(9)11-5(6)2/h6,9H,3-5H2,1-2H3,(H,13,14,15);7-8H2,1-6H3;4H,3H2,1-2H3,(H2,9,10,11). The molecule has 2 aliphatic carbocycles. The number of hydrogen-bond acceptors (Lipinski definition) is 13. The van der Waals surface area contributed by atoms with Gasteiger partial charge in [-0.2, -0.15) is 0 Å². The minimum absolute atomic E-state index is 0.158. The third-order valence-corrected chi connectivity index (χ3v) is 7.81. The molecular weight excluding hydrogens is 613 g/mol. The Hall–Kier alpha value is -3.86. The molecule has 15 heteroatoms. The van der Waals surface area contributed by atoms with Crippen molar-refractivity contribution >= 4 is 46.3 Å². The number of nitrogens with one attached hydrogen (secondary N) is 1. The molecule has 2 aromatic heterocycles. The SMILES string of the molecule is CCOC(=O)c1cnc(N)nc1C.CCOC(=O)c1cnc(NC2CCC2=O)nc1C.C[Si](C)(C)OC1=C(O[Si](C)(C)C)CC1. The van der Waals surface area contributed by atoms with E-state index in [4.69, 9.17) is 24.1 Å². The van der Waals surface area contributed by atoms with Gasteiger partial charge in [0.1, 0.15) is 11.5 Å². The van der Waals surface area contributed by atoms with E-state index in [1.165, 1.54) is 12.4 Å². The van der Waals surface area contributed by atoms with Crippen molar-refractivity contribution in [2.75, 3.05) is 24.3 Å². The first kappa shape index (κ1) is 37.3. The summed E-state index contributed by atoms with van der Waals surface area (Å²) in [6, 6.07) is -0.183. The lowest BCUT2D eigenvalue weighted by Gasteiger charge is -2.33. The van der Waals surface area contributed by atoms with Crippen LogP contribution in [-0.2, 0) is 23.1 Å². The van der Waals surface area contributed by atoms with Crippen LogP contribution < -0.4 is 11.1 Å². The highest BCUT2D eigenvalue weighted by atomic mass is 28.4. The Morgan fingerprint density at radius 1 is 0.822 bits per heavy atom. The van der Waals surface area contributed by atoms with Gasteiger partial charge in [0.15, 0.2) is 5.78 Å². The van der Waals surface area contributed by atoms with E-state index >= 15 is 0 Å². The highest BCUT2D eigenvalue weighted by Gasteiger charge is 2.30. The maximum atomic E-state index is 11.5. The number of carbonyl (C=O) groups excluding carboxylic acids is 3. The number of ether oxygens (including phenoxy) is 2. The van der Waals surface area contributed by atoms with E-state index in [1.807, 2.05) is 0 Å². The summed E-state index contributed by atoms with van der Waals surface area (Å²) < 4.78 is 21.6. The molecule has 3 N–H and O–H groups in total. The summed E-state index contributed by atoms with van der Waals surface area (Å²) in [5.74, 6) is 2.12. The van der Waals surface area contributed by atoms with Crippen LogP contribution in [0.2, 0.25) is 39.3 Å². The van der Waals surface area contributed by atoms with Crippen LogP contribution in [-0.4, -0.2) is 73.5 Å². The lowest BCUT2D eigenvalue weighted by atomic mass is 9.91. The van der Waals surface area contributed by atoms with Crippen LogP contribution in [0.25, 0.3) is 0 Å². The molecule has 1 atom stereocenters. The number of nitrogens with zero attached hydrogens (tertiary/aromatic N) is 4. The van der Waals surface area contributed by atoms with Crippen LogP contribution in [0.1, 0.15) is 71.6 Å². The molecule has 13 nitrogen and oxygen atoms in total. The fourth-order valence-corrected chi connectivity index (χ4v) is 5.75. The normalized spacial score (nSPS) is 15.6. The van der Waals surface area contributed by atoms with Crippen molar-refractivity contribution in [3.63, 3.8) is 0 Å². The lowest BCUT2D eigenvalue weighted by molar-refractivity contribution is -0.124. The third kappa shape index (κ3) is 12.6. The number of nitrogens with two attached hydrogens (primary N) is 1. The highest BCUT2D eigenvalue weighted by Crippen LogP contribution is 2.34.